The molecule has 0 saturated carbocycles. The third-order valence-corrected chi connectivity index (χ3v) is 4.03. The molecule has 0 spiro atoms. The van der Waals surface area contributed by atoms with Crippen LogP contribution in [0.4, 0.5) is 5.82 Å². The molecule has 24 heavy (non-hydrogen) atoms. The predicted molar refractivity (Wildman–Crippen MR) is 93.6 cm³/mol. The van der Waals surface area contributed by atoms with Crippen molar-refractivity contribution in [2.24, 2.45) is 0 Å². The molecule has 6 heteroatoms. The van der Waals surface area contributed by atoms with Crippen LogP contribution in [0, 0.1) is 0 Å². The molecule has 4 heterocycles. The summed E-state index contributed by atoms with van der Waals surface area (Å²) in [6, 6.07) is 9.87. The van der Waals surface area contributed by atoms with Gasteiger partial charge in [0.05, 0.1) is 5.69 Å². The molecule has 0 bridgehead atoms. The van der Waals surface area contributed by atoms with Gasteiger partial charge in [0.25, 0.3) is 0 Å². The average Bonchev–Trinajstić information content (AvgIpc) is 2.70. The molecule has 0 aliphatic carbocycles. The third-order valence-electron chi connectivity index (χ3n) is 4.03. The van der Waals surface area contributed by atoms with Crippen LogP contribution in [0.25, 0.3) is 22.6 Å². The minimum absolute atomic E-state index is 0.693. The zero-order valence-electron chi connectivity index (χ0n) is 13.3. The van der Waals surface area contributed by atoms with Crippen LogP contribution in [0.15, 0.2) is 55.1 Å². The van der Waals surface area contributed by atoms with Gasteiger partial charge in [-0.15, -0.1) is 0 Å². The molecule has 4 rings (SSSR count). The molecule has 1 N–H and O–H groups in total. The van der Waals surface area contributed by atoms with Crippen molar-refractivity contribution in [1.82, 2.24) is 25.3 Å². The molecule has 3 aromatic rings. The molecular formula is C18H18N6. The van der Waals surface area contributed by atoms with Gasteiger partial charge in [-0.05, 0) is 24.3 Å². The van der Waals surface area contributed by atoms with Gasteiger partial charge < -0.3 is 10.2 Å². The summed E-state index contributed by atoms with van der Waals surface area (Å²) in [5.41, 5.74) is 2.78. The highest BCUT2D eigenvalue weighted by Crippen LogP contribution is 2.25. The fraction of sp³-hybridized carbons (Fsp3) is 0.222. The van der Waals surface area contributed by atoms with Crippen LogP contribution in [0.3, 0.4) is 0 Å². The SMILES string of the molecule is c1cncc(-c2cc(N3CCNCC3)nc(-c3cccnc3)n2)c1. The number of aromatic nitrogens is 4. The molecule has 0 radical (unpaired) electrons. The van der Waals surface area contributed by atoms with E-state index in [0.29, 0.717) is 5.82 Å². The zero-order chi connectivity index (χ0) is 16.2. The maximum Gasteiger partial charge on any atom is 0.163 e. The van der Waals surface area contributed by atoms with E-state index in [4.69, 9.17) is 9.97 Å². The van der Waals surface area contributed by atoms with Gasteiger partial charge in [-0.1, -0.05) is 0 Å². The lowest BCUT2D eigenvalue weighted by atomic mass is 10.2. The van der Waals surface area contributed by atoms with E-state index in [-0.39, 0.29) is 0 Å². The number of anilines is 1. The first-order valence-corrected chi connectivity index (χ1v) is 8.06. The molecular weight excluding hydrogens is 300 g/mol. The van der Waals surface area contributed by atoms with E-state index < -0.39 is 0 Å². The number of nitrogens with zero attached hydrogens (tertiary/aromatic N) is 5. The van der Waals surface area contributed by atoms with Gasteiger partial charge in [0.2, 0.25) is 0 Å². The summed E-state index contributed by atoms with van der Waals surface area (Å²) in [6.45, 7) is 3.81. The van der Waals surface area contributed by atoms with Crippen molar-refractivity contribution in [1.29, 1.82) is 0 Å². The Morgan fingerprint density at radius 3 is 2.25 bits per heavy atom. The molecule has 1 aliphatic rings. The van der Waals surface area contributed by atoms with Crippen molar-refractivity contribution < 1.29 is 0 Å². The topological polar surface area (TPSA) is 66.8 Å². The quantitative estimate of drug-likeness (QED) is 0.797. The monoisotopic (exact) mass is 318 g/mol. The lowest BCUT2D eigenvalue weighted by Crippen LogP contribution is -2.44. The highest BCUT2D eigenvalue weighted by Gasteiger charge is 2.16. The Balaban J connectivity index is 1.81. The molecule has 0 unspecified atom stereocenters. The van der Waals surface area contributed by atoms with Crippen LogP contribution in [0.2, 0.25) is 0 Å². The lowest BCUT2D eigenvalue weighted by molar-refractivity contribution is 0.585. The second-order valence-electron chi connectivity index (χ2n) is 5.66. The Labute approximate surface area is 140 Å². The number of rotatable bonds is 3. The maximum atomic E-state index is 4.78. The normalized spacial score (nSPS) is 14.6. The largest absolute Gasteiger partial charge is 0.354 e. The van der Waals surface area contributed by atoms with Crippen LogP contribution in [-0.2, 0) is 0 Å². The molecule has 1 fully saturated rings. The summed E-state index contributed by atoms with van der Waals surface area (Å²) < 4.78 is 0. The summed E-state index contributed by atoms with van der Waals surface area (Å²) in [4.78, 5) is 20.2. The van der Waals surface area contributed by atoms with Gasteiger partial charge in [0.15, 0.2) is 5.82 Å². The van der Waals surface area contributed by atoms with E-state index in [1.165, 1.54) is 0 Å². The van der Waals surface area contributed by atoms with Gasteiger partial charge in [0.1, 0.15) is 5.82 Å². The van der Waals surface area contributed by atoms with Gasteiger partial charge in [-0.3, -0.25) is 9.97 Å². The fourth-order valence-electron chi connectivity index (χ4n) is 2.78. The molecule has 1 aliphatic heterocycles. The van der Waals surface area contributed by atoms with E-state index in [1.54, 1.807) is 18.6 Å². The second-order valence-corrected chi connectivity index (χ2v) is 5.66. The van der Waals surface area contributed by atoms with Crippen molar-refractivity contribution in [3.63, 3.8) is 0 Å². The van der Waals surface area contributed by atoms with E-state index in [9.17, 15) is 0 Å². The summed E-state index contributed by atoms with van der Waals surface area (Å²) in [7, 11) is 0. The van der Waals surface area contributed by atoms with Crippen LogP contribution in [0.1, 0.15) is 0 Å². The Morgan fingerprint density at radius 1 is 0.875 bits per heavy atom. The standard InChI is InChI=1S/C18H18N6/c1-3-14(12-20-5-1)16-11-17(24-9-7-19-8-10-24)23-18(22-16)15-4-2-6-21-13-15/h1-6,11-13,19H,7-10H2. The van der Waals surface area contributed by atoms with Crippen molar-refractivity contribution in [2.75, 3.05) is 31.1 Å². The molecule has 0 aromatic carbocycles. The summed E-state index contributed by atoms with van der Waals surface area (Å²) >= 11 is 0. The van der Waals surface area contributed by atoms with Gasteiger partial charge >= 0.3 is 0 Å². The number of hydrogen-bond donors (Lipinski definition) is 1. The Morgan fingerprint density at radius 2 is 1.58 bits per heavy atom. The first-order valence-electron chi connectivity index (χ1n) is 8.06. The van der Waals surface area contributed by atoms with Crippen molar-refractivity contribution in [3.8, 4) is 22.6 Å². The Hall–Kier alpha value is -2.86. The van der Waals surface area contributed by atoms with Gasteiger partial charge in [-0.25, -0.2) is 9.97 Å². The summed E-state index contributed by atoms with van der Waals surface area (Å²) in [5.74, 6) is 1.64. The second kappa shape index (κ2) is 6.72. The Bertz CT molecular complexity index is 743. The van der Waals surface area contributed by atoms with Gasteiger partial charge in [0, 0.05) is 68.2 Å². The predicted octanol–water partition coefficient (Wildman–Crippen LogP) is 2.01. The first-order chi connectivity index (χ1) is 11.9. The number of piperazine rings is 1. The first kappa shape index (κ1) is 14.7. The van der Waals surface area contributed by atoms with Crippen molar-refractivity contribution >= 4 is 5.82 Å². The molecule has 0 atom stereocenters. The van der Waals surface area contributed by atoms with Crippen LogP contribution in [0.5, 0.6) is 0 Å². The van der Waals surface area contributed by atoms with Crippen LogP contribution < -0.4 is 10.2 Å². The average molecular weight is 318 g/mol. The van der Waals surface area contributed by atoms with Crippen LogP contribution >= 0.6 is 0 Å². The maximum absolute atomic E-state index is 4.78. The molecule has 1 saturated heterocycles. The number of nitrogens with one attached hydrogen (secondary N) is 1. The molecule has 120 valence electrons. The van der Waals surface area contributed by atoms with E-state index in [1.807, 2.05) is 36.5 Å². The minimum atomic E-state index is 0.693. The zero-order valence-corrected chi connectivity index (χ0v) is 13.3. The molecule has 3 aromatic heterocycles. The highest BCUT2D eigenvalue weighted by atomic mass is 15.2. The highest BCUT2D eigenvalue weighted by molar-refractivity contribution is 5.67. The lowest BCUT2D eigenvalue weighted by Gasteiger charge is -2.28. The van der Waals surface area contributed by atoms with Crippen molar-refractivity contribution in [2.45, 2.75) is 0 Å². The van der Waals surface area contributed by atoms with E-state index in [2.05, 4.69) is 20.2 Å². The van der Waals surface area contributed by atoms with Crippen molar-refractivity contribution in [3.05, 3.63) is 55.1 Å². The number of pyridine rings is 2. The van der Waals surface area contributed by atoms with E-state index >= 15 is 0 Å². The Kier molecular flexibility index (Phi) is 4.12. The smallest absolute Gasteiger partial charge is 0.163 e. The molecule has 0 amide bonds. The molecule has 6 nitrogen and oxygen atoms in total. The summed E-state index contributed by atoms with van der Waals surface area (Å²) in [6.07, 6.45) is 7.15. The third kappa shape index (κ3) is 3.09. The summed E-state index contributed by atoms with van der Waals surface area (Å²) in [5, 5.41) is 3.37. The minimum Gasteiger partial charge on any atom is -0.354 e. The number of hydrogen-bond acceptors (Lipinski definition) is 6. The van der Waals surface area contributed by atoms with Gasteiger partial charge in [-0.2, -0.15) is 0 Å². The fourth-order valence-corrected chi connectivity index (χ4v) is 2.78. The van der Waals surface area contributed by atoms with E-state index in [0.717, 1.165) is 48.8 Å². The van der Waals surface area contributed by atoms with Crippen LogP contribution in [-0.4, -0.2) is 46.1 Å².